The van der Waals surface area contributed by atoms with Crippen LogP contribution in [0.5, 0.6) is 0 Å². The first-order chi connectivity index (χ1) is 39.6. The fraction of sp³-hybridized carbons (Fsp3) is 0.0886. The van der Waals surface area contributed by atoms with Crippen molar-refractivity contribution in [2.24, 2.45) is 0 Å². The van der Waals surface area contributed by atoms with Crippen LogP contribution in [0.1, 0.15) is 61.1 Å². The van der Waals surface area contributed by atoms with Crippen LogP contribution in [-0.2, 0) is 17.3 Å². The van der Waals surface area contributed by atoms with Crippen LogP contribution in [0.25, 0.3) is 126 Å². The molecule has 0 saturated heterocycles. The van der Waals surface area contributed by atoms with E-state index in [2.05, 4.69) is 273 Å². The second-order valence-corrected chi connectivity index (χ2v) is 24.5. The highest BCUT2D eigenvalue weighted by Crippen LogP contribution is 2.54. The Morgan fingerprint density at radius 2 is 0.630 bits per heavy atom. The lowest BCUT2D eigenvalue weighted by Gasteiger charge is -2.22. The molecule has 0 atom stereocenters. The Labute approximate surface area is 480 Å². The lowest BCUT2D eigenvalue weighted by molar-refractivity contribution is 0.659. The molecule has 0 saturated carbocycles. The summed E-state index contributed by atoms with van der Waals surface area (Å²) in [4.78, 5) is 0. The molecular weight excluding hydrogens is 1040 g/mol. The fourth-order valence-corrected chi connectivity index (χ4v) is 15.0. The van der Waals surface area contributed by atoms with E-state index in [9.17, 15) is 0 Å². The van der Waals surface area contributed by atoms with Gasteiger partial charge < -0.3 is 4.57 Å². The number of aromatic nitrogens is 1. The van der Waals surface area contributed by atoms with Gasteiger partial charge in [0.15, 0.2) is 0 Å². The Bertz CT molecular complexity index is 5140. The van der Waals surface area contributed by atoms with Crippen molar-refractivity contribution in [2.75, 3.05) is 0 Å². The van der Waals surface area contributed by atoms with Crippen molar-refractivity contribution < 1.29 is 0 Å². The molecule has 1 nitrogen and oxygen atoms in total. The van der Waals surface area contributed by atoms with Gasteiger partial charge >= 0.3 is 0 Å². The summed E-state index contributed by atoms with van der Waals surface area (Å²) >= 11 is 3.31. The van der Waals surface area contributed by atoms with Crippen LogP contribution in [0.15, 0.2) is 259 Å². The molecular formula is C79H56BrN. The summed E-state index contributed by atoms with van der Waals surface area (Å²) in [6.45, 7) is 9.48. The van der Waals surface area contributed by atoms with Gasteiger partial charge in [0.25, 0.3) is 0 Å². The first-order valence-corrected chi connectivity index (χ1v) is 29.3. The third-order valence-electron chi connectivity index (χ3n) is 18.5. The Morgan fingerprint density at radius 3 is 1.15 bits per heavy atom. The number of nitrogens with zero attached hydrogens (tertiary/aromatic N) is 1. The Morgan fingerprint density at radius 1 is 0.272 bits per heavy atom. The molecule has 0 radical (unpaired) electrons. The second-order valence-electron chi connectivity index (χ2n) is 23.6. The van der Waals surface area contributed by atoms with Gasteiger partial charge in [0.05, 0.1) is 11.0 Å². The van der Waals surface area contributed by atoms with Gasteiger partial charge in [-0.1, -0.05) is 232 Å². The number of rotatable bonds is 1. The zero-order valence-electron chi connectivity index (χ0n) is 45.8. The third kappa shape index (κ3) is 7.16. The molecule has 0 unspecified atom stereocenters. The van der Waals surface area contributed by atoms with E-state index in [4.69, 9.17) is 0 Å². The molecule has 0 bridgehead atoms. The summed E-state index contributed by atoms with van der Waals surface area (Å²) in [5, 5.41) is 18.6. The van der Waals surface area contributed by atoms with E-state index in [1.54, 1.807) is 0 Å². The second kappa shape index (κ2) is 18.0. The molecule has 0 N–H and O–H groups in total. The zero-order chi connectivity index (χ0) is 54.3. The molecule has 0 spiro atoms. The van der Waals surface area contributed by atoms with E-state index in [-0.39, 0.29) is 10.8 Å². The summed E-state index contributed by atoms with van der Waals surface area (Å²) in [6.07, 6.45) is 1.02. The summed E-state index contributed by atoms with van der Waals surface area (Å²) in [5.74, 6) is 0. The SMILES string of the molecule is Brc1ccccc1.CC1(C)c2ccccc2-c2cc3c(cc21)Cc1cc2c4ccccc4c4ccccc4c2cc1-3.CC1(C)c2ccccc2-c2cc3c4cc5c6ccccc6c6ccccc6c5cc4n(-c4ccccc4)c3cc21. The Balaban J connectivity index is 0.000000121. The van der Waals surface area contributed by atoms with Crippen LogP contribution >= 0.6 is 15.9 Å². The largest absolute Gasteiger partial charge is 0.309 e. The van der Waals surface area contributed by atoms with Crippen molar-refractivity contribution in [3.8, 4) is 39.1 Å². The number of fused-ring (bicyclic) bond motifs is 24. The molecule has 81 heavy (non-hydrogen) atoms. The molecule has 0 fully saturated rings. The van der Waals surface area contributed by atoms with E-state index in [0.29, 0.717) is 0 Å². The van der Waals surface area contributed by atoms with E-state index in [1.807, 2.05) is 30.3 Å². The standard InChI is InChI=1S/C39H27N.C34H24.C6H5Br/c1-39(2)35-19-11-10-18-29(35)32-21-34-33-20-30-27-16-8-6-14-25(27)26-15-7-9-17-28(26)31(30)22-37(33)40(38(34)23-36(32)39)24-12-4-3-5-13-24;1-34(2)32-14-8-7-13-26(32)31-19-28-21(17-33(31)34)15-20-16-29-24-11-5-3-9-22(24)23-10-4-6-12-25(23)30(29)18-27(20)28;7-6-4-2-1-3-5-6/h3-23H,1-2H3;3-14,16-19H,15H2,1-2H3;1-5H. The quantitative estimate of drug-likeness (QED) is 0.144. The van der Waals surface area contributed by atoms with Gasteiger partial charge in [0.2, 0.25) is 0 Å². The van der Waals surface area contributed by atoms with Gasteiger partial charge in [-0.2, -0.15) is 0 Å². The highest BCUT2D eigenvalue weighted by Gasteiger charge is 2.38. The molecule has 1 aromatic heterocycles. The Kier molecular flexibility index (Phi) is 10.6. The molecule has 15 aromatic rings. The van der Waals surface area contributed by atoms with Gasteiger partial charge in [-0.15, -0.1) is 0 Å². The minimum Gasteiger partial charge on any atom is -0.309 e. The van der Waals surface area contributed by atoms with Gasteiger partial charge in [-0.3, -0.25) is 0 Å². The van der Waals surface area contributed by atoms with Gasteiger partial charge in [0, 0.05) is 31.8 Å². The van der Waals surface area contributed by atoms with E-state index in [1.165, 1.54) is 159 Å². The van der Waals surface area contributed by atoms with Crippen LogP contribution < -0.4 is 0 Å². The predicted molar refractivity (Wildman–Crippen MR) is 350 cm³/mol. The maximum atomic E-state index is 3.31. The summed E-state index contributed by atoms with van der Waals surface area (Å²) in [5.41, 5.74) is 20.8. The molecule has 1 heterocycles. The predicted octanol–water partition coefficient (Wildman–Crippen LogP) is 22.0. The van der Waals surface area contributed by atoms with Crippen LogP contribution in [-0.4, -0.2) is 4.57 Å². The number of benzene rings is 14. The van der Waals surface area contributed by atoms with Crippen LogP contribution in [0, 0.1) is 0 Å². The van der Waals surface area contributed by atoms with Crippen LogP contribution in [0.3, 0.4) is 0 Å². The highest BCUT2D eigenvalue weighted by molar-refractivity contribution is 9.10. The van der Waals surface area contributed by atoms with Crippen molar-refractivity contribution in [2.45, 2.75) is 44.9 Å². The minimum atomic E-state index is -0.0464. The summed E-state index contributed by atoms with van der Waals surface area (Å²) < 4.78 is 3.61. The van der Waals surface area contributed by atoms with Crippen molar-refractivity contribution in [1.29, 1.82) is 0 Å². The van der Waals surface area contributed by atoms with Crippen molar-refractivity contribution in [3.05, 3.63) is 293 Å². The molecule has 384 valence electrons. The molecule has 14 aromatic carbocycles. The topological polar surface area (TPSA) is 4.93 Å². The molecule has 2 heteroatoms. The molecule has 0 amide bonds. The van der Waals surface area contributed by atoms with Gasteiger partial charge in [-0.05, 0) is 205 Å². The molecule has 0 aliphatic heterocycles. The van der Waals surface area contributed by atoms with E-state index < -0.39 is 0 Å². The van der Waals surface area contributed by atoms with Crippen LogP contribution in [0.4, 0.5) is 0 Å². The summed E-state index contributed by atoms with van der Waals surface area (Å²) in [6, 6.07) is 94.0. The lowest BCUT2D eigenvalue weighted by atomic mass is 9.81. The Hall–Kier alpha value is -9.08. The van der Waals surface area contributed by atoms with E-state index in [0.717, 1.165) is 10.9 Å². The monoisotopic (exact) mass is 1100 g/mol. The average molecular weight is 1100 g/mol. The van der Waals surface area contributed by atoms with Gasteiger partial charge in [-0.25, -0.2) is 0 Å². The zero-order valence-corrected chi connectivity index (χ0v) is 47.4. The average Bonchev–Trinajstić information content (AvgIpc) is 4.40. The first-order valence-electron chi connectivity index (χ1n) is 28.5. The smallest absolute Gasteiger partial charge is 0.0547 e. The number of para-hydroxylation sites is 1. The lowest BCUT2D eigenvalue weighted by Crippen LogP contribution is -2.15. The van der Waals surface area contributed by atoms with Crippen molar-refractivity contribution in [3.63, 3.8) is 0 Å². The van der Waals surface area contributed by atoms with Crippen molar-refractivity contribution >= 4 is 102 Å². The number of hydrogen-bond acceptors (Lipinski definition) is 0. The number of halogens is 1. The van der Waals surface area contributed by atoms with Crippen molar-refractivity contribution in [1.82, 2.24) is 4.57 Å². The molecule has 3 aliphatic carbocycles. The molecule has 3 aliphatic rings. The van der Waals surface area contributed by atoms with Gasteiger partial charge in [0.1, 0.15) is 0 Å². The van der Waals surface area contributed by atoms with E-state index >= 15 is 0 Å². The maximum Gasteiger partial charge on any atom is 0.0547 e. The normalized spacial score (nSPS) is 13.9. The maximum absolute atomic E-state index is 3.31. The molecule has 18 rings (SSSR count). The first kappa shape index (κ1) is 47.9. The highest BCUT2D eigenvalue weighted by atomic mass is 79.9. The number of hydrogen-bond donors (Lipinski definition) is 0. The minimum absolute atomic E-state index is 0.0464. The fourth-order valence-electron chi connectivity index (χ4n) is 14.7. The van der Waals surface area contributed by atoms with Crippen LogP contribution in [0.2, 0.25) is 0 Å². The third-order valence-corrected chi connectivity index (χ3v) is 19.1. The summed E-state index contributed by atoms with van der Waals surface area (Å²) in [7, 11) is 0.